The molecular weight excluding hydrogens is 422 g/mol. The van der Waals surface area contributed by atoms with Gasteiger partial charge in [-0.3, -0.25) is 4.79 Å². The molecule has 0 aliphatic rings. The Morgan fingerprint density at radius 1 is 0.824 bits per heavy atom. The summed E-state index contributed by atoms with van der Waals surface area (Å²) >= 11 is 0. The quantitative estimate of drug-likeness (QED) is 0.266. The van der Waals surface area contributed by atoms with E-state index in [9.17, 15) is 4.79 Å². The second kappa shape index (κ2) is 11.9. The van der Waals surface area contributed by atoms with E-state index in [0.29, 0.717) is 18.8 Å². The number of nitrogens with one attached hydrogen (secondary N) is 1. The fourth-order valence-electron chi connectivity index (χ4n) is 4.12. The van der Waals surface area contributed by atoms with Gasteiger partial charge in [0.25, 0.3) is 0 Å². The van der Waals surface area contributed by atoms with Crippen molar-refractivity contribution in [3.8, 4) is 22.5 Å². The average Bonchev–Trinajstić information content (AvgIpc) is 3.43. The molecule has 4 rings (SSSR count). The van der Waals surface area contributed by atoms with Gasteiger partial charge >= 0.3 is 0 Å². The third-order valence-electron chi connectivity index (χ3n) is 5.98. The molecule has 0 unspecified atom stereocenters. The number of carbonyl (C=O) groups is 1. The largest absolute Gasteiger partial charge is 0.308 e. The smallest absolute Gasteiger partial charge is 0.227 e. The number of hydrogen-bond acceptors (Lipinski definition) is 4. The summed E-state index contributed by atoms with van der Waals surface area (Å²) in [7, 11) is 0. The highest BCUT2D eigenvalue weighted by molar-refractivity contribution is 5.93. The maximum atomic E-state index is 13.1. The zero-order chi connectivity index (χ0) is 23.6. The number of rotatable bonds is 11. The first kappa shape index (κ1) is 23.4. The summed E-state index contributed by atoms with van der Waals surface area (Å²) < 4.78 is 0. The van der Waals surface area contributed by atoms with Gasteiger partial charge in [-0.2, -0.15) is 5.21 Å². The Morgan fingerprint density at radius 3 is 2.24 bits per heavy atom. The maximum absolute atomic E-state index is 13.1. The first-order valence-electron chi connectivity index (χ1n) is 12.0. The second-order valence-electron chi connectivity index (χ2n) is 8.46. The Balaban J connectivity index is 1.50. The van der Waals surface area contributed by atoms with Crippen molar-refractivity contribution in [3.63, 3.8) is 0 Å². The predicted octanol–water partition coefficient (Wildman–Crippen LogP) is 6.43. The van der Waals surface area contributed by atoms with Crippen molar-refractivity contribution in [1.29, 1.82) is 0 Å². The molecule has 0 saturated heterocycles. The van der Waals surface area contributed by atoms with Crippen molar-refractivity contribution in [1.82, 2.24) is 20.6 Å². The van der Waals surface area contributed by atoms with Crippen LogP contribution < -0.4 is 4.90 Å². The summed E-state index contributed by atoms with van der Waals surface area (Å²) in [5, 5.41) is 14.5. The molecule has 1 heterocycles. The molecule has 0 spiro atoms. The standard InChI is InChI=1S/C28H31N5O/c1-2-3-4-5-9-16-27(34)33(24-12-7-6-8-13-24)21-22-17-19-23(20-18-22)25-14-10-11-15-26(25)28-29-31-32-30-28/h6-8,10-15,17-20H,2-5,9,16,21H2,1H3,(H,29,30,31,32). The van der Waals surface area contributed by atoms with Crippen molar-refractivity contribution in [2.75, 3.05) is 4.90 Å². The number of H-pyrrole nitrogens is 1. The van der Waals surface area contributed by atoms with E-state index in [4.69, 9.17) is 0 Å². The SMILES string of the molecule is CCCCCCCC(=O)N(Cc1ccc(-c2ccccc2-c2nn[nH]n2)cc1)c1ccccc1. The van der Waals surface area contributed by atoms with E-state index < -0.39 is 0 Å². The summed E-state index contributed by atoms with van der Waals surface area (Å²) in [5.74, 6) is 0.744. The summed E-state index contributed by atoms with van der Waals surface area (Å²) in [6.07, 6.45) is 6.26. The number of tetrazole rings is 1. The molecule has 0 radical (unpaired) electrons. The molecule has 1 N–H and O–H groups in total. The molecule has 1 aromatic heterocycles. The molecule has 0 bridgehead atoms. The van der Waals surface area contributed by atoms with Gasteiger partial charge in [0, 0.05) is 17.7 Å². The first-order chi connectivity index (χ1) is 16.8. The Labute approximate surface area is 201 Å². The number of unbranched alkanes of at least 4 members (excludes halogenated alkanes) is 4. The number of nitrogens with zero attached hydrogens (tertiary/aromatic N) is 4. The summed E-state index contributed by atoms with van der Waals surface area (Å²) in [6, 6.07) is 26.3. The van der Waals surface area contributed by atoms with Gasteiger partial charge in [-0.05, 0) is 40.5 Å². The fraction of sp³-hybridized carbons (Fsp3) is 0.286. The van der Waals surface area contributed by atoms with Crippen LogP contribution in [-0.4, -0.2) is 26.5 Å². The number of para-hydroxylation sites is 1. The summed E-state index contributed by atoms with van der Waals surface area (Å²) in [4.78, 5) is 15.1. The maximum Gasteiger partial charge on any atom is 0.227 e. The van der Waals surface area contributed by atoms with Crippen molar-refractivity contribution in [2.24, 2.45) is 0 Å². The van der Waals surface area contributed by atoms with E-state index in [1.54, 1.807) is 0 Å². The van der Waals surface area contributed by atoms with E-state index in [-0.39, 0.29) is 5.91 Å². The van der Waals surface area contributed by atoms with Crippen LogP contribution in [0.1, 0.15) is 51.0 Å². The number of carbonyl (C=O) groups excluding carboxylic acids is 1. The number of aromatic nitrogens is 4. The lowest BCUT2D eigenvalue weighted by Gasteiger charge is -2.23. The van der Waals surface area contributed by atoms with Crippen LogP contribution in [0.2, 0.25) is 0 Å². The first-order valence-corrected chi connectivity index (χ1v) is 12.0. The number of benzene rings is 3. The topological polar surface area (TPSA) is 74.8 Å². The van der Waals surface area contributed by atoms with Gasteiger partial charge in [0.05, 0.1) is 6.54 Å². The van der Waals surface area contributed by atoms with Crippen molar-refractivity contribution in [3.05, 3.63) is 84.4 Å². The highest BCUT2D eigenvalue weighted by Gasteiger charge is 2.16. The molecule has 6 nitrogen and oxygen atoms in total. The van der Waals surface area contributed by atoms with Gasteiger partial charge in [-0.15, -0.1) is 10.2 Å². The van der Waals surface area contributed by atoms with E-state index in [2.05, 4.69) is 57.9 Å². The van der Waals surface area contributed by atoms with Gasteiger partial charge in [0.15, 0.2) is 0 Å². The summed E-state index contributed by atoms with van der Waals surface area (Å²) in [5.41, 5.74) is 5.06. The van der Waals surface area contributed by atoms with Gasteiger partial charge in [-0.25, -0.2) is 0 Å². The number of anilines is 1. The lowest BCUT2D eigenvalue weighted by molar-refractivity contribution is -0.118. The van der Waals surface area contributed by atoms with Crippen molar-refractivity contribution < 1.29 is 4.79 Å². The van der Waals surface area contributed by atoms with Crippen LogP contribution in [0, 0.1) is 0 Å². The highest BCUT2D eigenvalue weighted by Crippen LogP contribution is 2.30. The van der Waals surface area contributed by atoms with Gasteiger partial charge in [-0.1, -0.05) is 99.3 Å². The van der Waals surface area contributed by atoms with Crippen LogP contribution in [-0.2, 0) is 11.3 Å². The Bertz CT molecular complexity index is 1160. The van der Waals surface area contributed by atoms with Crippen LogP contribution in [0.25, 0.3) is 22.5 Å². The second-order valence-corrected chi connectivity index (χ2v) is 8.46. The van der Waals surface area contributed by atoms with Crippen LogP contribution in [0.3, 0.4) is 0 Å². The zero-order valence-electron chi connectivity index (χ0n) is 19.7. The van der Waals surface area contributed by atoms with E-state index >= 15 is 0 Å². The molecule has 1 amide bonds. The molecule has 3 aromatic carbocycles. The molecule has 0 aliphatic carbocycles. The molecular formula is C28H31N5O. The molecule has 0 fully saturated rings. The van der Waals surface area contributed by atoms with Gasteiger partial charge in [0.1, 0.15) is 0 Å². The third kappa shape index (κ3) is 5.95. The Hall–Kier alpha value is -3.80. The summed E-state index contributed by atoms with van der Waals surface area (Å²) in [6.45, 7) is 2.75. The predicted molar refractivity (Wildman–Crippen MR) is 136 cm³/mol. The minimum absolute atomic E-state index is 0.175. The molecule has 34 heavy (non-hydrogen) atoms. The lowest BCUT2D eigenvalue weighted by Crippen LogP contribution is -2.30. The van der Waals surface area contributed by atoms with E-state index in [0.717, 1.165) is 40.8 Å². The lowest BCUT2D eigenvalue weighted by atomic mass is 9.98. The van der Waals surface area contributed by atoms with Gasteiger partial charge in [0.2, 0.25) is 11.7 Å². The molecule has 0 aliphatic heterocycles. The minimum Gasteiger partial charge on any atom is -0.308 e. The zero-order valence-corrected chi connectivity index (χ0v) is 19.7. The van der Waals surface area contributed by atoms with Crippen molar-refractivity contribution in [2.45, 2.75) is 52.0 Å². The normalized spacial score (nSPS) is 10.9. The fourth-order valence-corrected chi connectivity index (χ4v) is 4.12. The number of aromatic amines is 1. The van der Waals surface area contributed by atoms with E-state index in [1.165, 1.54) is 19.3 Å². The van der Waals surface area contributed by atoms with Crippen molar-refractivity contribution >= 4 is 11.6 Å². The monoisotopic (exact) mass is 453 g/mol. The molecule has 0 saturated carbocycles. The molecule has 4 aromatic rings. The van der Waals surface area contributed by atoms with Crippen LogP contribution in [0.4, 0.5) is 5.69 Å². The van der Waals surface area contributed by atoms with E-state index in [1.807, 2.05) is 53.4 Å². The number of amides is 1. The third-order valence-corrected chi connectivity index (χ3v) is 5.98. The average molecular weight is 454 g/mol. The minimum atomic E-state index is 0.175. The number of hydrogen-bond donors (Lipinski definition) is 1. The molecule has 0 atom stereocenters. The highest BCUT2D eigenvalue weighted by atomic mass is 16.2. The van der Waals surface area contributed by atoms with Crippen LogP contribution in [0.5, 0.6) is 0 Å². The van der Waals surface area contributed by atoms with Crippen LogP contribution in [0.15, 0.2) is 78.9 Å². The Kier molecular flexibility index (Phi) is 8.17. The van der Waals surface area contributed by atoms with Crippen LogP contribution >= 0.6 is 0 Å². The molecule has 6 heteroatoms. The van der Waals surface area contributed by atoms with Gasteiger partial charge < -0.3 is 4.90 Å². The Morgan fingerprint density at radius 2 is 1.53 bits per heavy atom. The molecule has 174 valence electrons.